The third-order valence-electron chi connectivity index (χ3n) is 3.72. The standard InChI is InChI=1S/C15H24N2O3/c1-6-15(7-2,20-8-3)14-16-10(4)12(9-13(18)19)11(5)17-14/h6-9H2,1-5H3,(H,18,19). The van der Waals surface area contributed by atoms with E-state index in [0.29, 0.717) is 18.0 Å². The van der Waals surface area contributed by atoms with Crippen LogP contribution in [0.1, 0.15) is 56.4 Å². The van der Waals surface area contributed by atoms with E-state index in [9.17, 15) is 4.79 Å². The summed E-state index contributed by atoms with van der Waals surface area (Å²) >= 11 is 0. The highest BCUT2D eigenvalue weighted by Gasteiger charge is 2.33. The normalized spacial score (nSPS) is 11.7. The first-order valence-electron chi connectivity index (χ1n) is 7.10. The second kappa shape index (κ2) is 6.79. The Morgan fingerprint density at radius 3 is 2.00 bits per heavy atom. The molecule has 0 aromatic carbocycles. The number of carbonyl (C=O) groups is 1. The van der Waals surface area contributed by atoms with Crippen molar-refractivity contribution in [1.82, 2.24) is 9.97 Å². The number of rotatable bonds is 7. The number of ether oxygens (including phenoxy) is 1. The lowest BCUT2D eigenvalue weighted by Gasteiger charge is -2.30. The minimum absolute atomic E-state index is 0.0438. The summed E-state index contributed by atoms with van der Waals surface area (Å²) in [4.78, 5) is 19.9. The van der Waals surface area contributed by atoms with Crippen molar-refractivity contribution in [3.05, 3.63) is 22.8 Å². The van der Waals surface area contributed by atoms with Gasteiger partial charge in [-0.15, -0.1) is 0 Å². The molecule has 5 nitrogen and oxygen atoms in total. The van der Waals surface area contributed by atoms with Gasteiger partial charge in [-0.1, -0.05) is 13.8 Å². The number of aliphatic carboxylic acids is 1. The summed E-state index contributed by atoms with van der Waals surface area (Å²) in [6.45, 7) is 10.3. The van der Waals surface area contributed by atoms with Crippen LogP contribution in [0.4, 0.5) is 0 Å². The highest BCUT2D eigenvalue weighted by molar-refractivity contribution is 5.70. The number of aromatic nitrogens is 2. The van der Waals surface area contributed by atoms with Crippen molar-refractivity contribution >= 4 is 5.97 Å². The predicted octanol–water partition coefficient (Wildman–Crippen LogP) is 2.77. The van der Waals surface area contributed by atoms with E-state index in [2.05, 4.69) is 23.8 Å². The van der Waals surface area contributed by atoms with Crippen molar-refractivity contribution < 1.29 is 14.6 Å². The molecule has 20 heavy (non-hydrogen) atoms. The second-order valence-corrected chi connectivity index (χ2v) is 4.90. The molecular formula is C15H24N2O3. The van der Waals surface area contributed by atoms with E-state index < -0.39 is 11.6 Å². The van der Waals surface area contributed by atoms with Gasteiger partial charge in [-0.25, -0.2) is 9.97 Å². The van der Waals surface area contributed by atoms with Crippen LogP contribution in [-0.2, 0) is 21.6 Å². The molecule has 0 fully saturated rings. The molecule has 5 heteroatoms. The Bertz CT molecular complexity index is 459. The van der Waals surface area contributed by atoms with Crippen LogP contribution >= 0.6 is 0 Å². The number of carboxylic acid groups (broad SMARTS) is 1. The van der Waals surface area contributed by atoms with Gasteiger partial charge in [-0.05, 0) is 33.6 Å². The van der Waals surface area contributed by atoms with E-state index in [4.69, 9.17) is 9.84 Å². The number of hydrogen-bond acceptors (Lipinski definition) is 4. The van der Waals surface area contributed by atoms with Crippen LogP contribution in [0.3, 0.4) is 0 Å². The van der Waals surface area contributed by atoms with Gasteiger partial charge in [0, 0.05) is 23.6 Å². The molecule has 0 spiro atoms. The first kappa shape index (κ1) is 16.6. The maximum atomic E-state index is 10.9. The molecule has 0 atom stereocenters. The molecule has 0 aliphatic rings. The van der Waals surface area contributed by atoms with Crippen molar-refractivity contribution in [2.45, 2.75) is 59.5 Å². The molecular weight excluding hydrogens is 256 g/mol. The summed E-state index contributed by atoms with van der Waals surface area (Å²) in [5.74, 6) is -0.205. The van der Waals surface area contributed by atoms with Crippen LogP contribution in [0.15, 0.2) is 0 Å². The Balaban J connectivity index is 3.29. The first-order valence-corrected chi connectivity index (χ1v) is 7.10. The van der Waals surface area contributed by atoms with E-state index in [-0.39, 0.29) is 6.42 Å². The summed E-state index contributed by atoms with van der Waals surface area (Å²) in [7, 11) is 0. The average molecular weight is 280 g/mol. The molecule has 1 aromatic rings. The van der Waals surface area contributed by atoms with Crippen molar-refractivity contribution in [3.8, 4) is 0 Å². The van der Waals surface area contributed by atoms with Gasteiger partial charge in [-0.3, -0.25) is 4.79 Å². The van der Waals surface area contributed by atoms with Crippen molar-refractivity contribution in [2.24, 2.45) is 0 Å². The zero-order chi connectivity index (χ0) is 15.3. The van der Waals surface area contributed by atoms with Crippen molar-refractivity contribution in [2.75, 3.05) is 6.61 Å². The summed E-state index contributed by atoms with van der Waals surface area (Å²) in [6.07, 6.45) is 1.53. The molecule has 1 aromatic heterocycles. The van der Waals surface area contributed by atoms with Crippen LogP contribution in [0, 0.1) is 13.8 Å². The SMILES string of the molecule is CCOC(CC)(CC)c1nc(C)c(CC(=O)O)c(C)n1. The smallest absolute Gasteiger partial charge is 0.307 e. The molecule has 1 rings (SSSR count). The van der Waals surface area contributed by atoms with Crippen LogP contribution in [0.2, 0.25) is 0 Å². The fourth-order valence-corrected chi connectivity index (χ4v) is 2.46. The molecule has 0 radical (unpaired) electrons. The first-order chi connectivity index (χ1) is 9.40. The van der Waals surface area contributed by atoms with Gasteiger partial charge in [0.05, 0.1) is 6.42 Å². The zero-order valence-corrected chi connectivity index (χ0v) is 13.0. The zero-order valence-electron chi connectivity index (χ0n) is 13.0. The van der Waals surface area contributed by atoms with E-state index in [1.165, 1.54) is 0 Å². The topological polar surface area (TPSA) is 72.3 Å². The second-order valence-electron chi connectivity index (χ2n) is 4.90. The highest BCUT2D eigenvalue weighted by Crippen LogP contribution is 2.31. The Hall–Kier alpha value is -1.49. The molecule has 1 heterocycles. The summed E-state index contributed by atoms with van der Waals surface area (Å²) in [5, 5.41) is 8.94. The number of aryl methyl sites for hydroxylation is 2. The molecule has 0 saturated heterocycles. The monoisotopic (exact) mass is 280 g/mol. The van der Waals surface area contributed by atoms with Gasteiger partial charge in [0.15, 0.2) is 5.82 Å². The fraction of sp³-hybridized carbons (Fsp3) is 0.667. The lowest BCUT2D eigenvalue weighted by atomic mass is 9.95. The quantitative estimate of drug-likeness (QED) is 0.831. The van der Waals surface area contributed by atoms with E-state index in [0.717, 1.165) is 24.2 Å². The third-order valence-corrected chi connectivity index (χ3v) is 3.72. The van der Waals surface area contributed by atoms with Crippen LogP contribution in [0.25, 0.3) is 0 Å². The number of hydrogen-bond donors (Lipinski definition) is 1. The maximum Gasteiger partial charge on any atom is 0.307 e. The van der Waals surface area contributed by atoms with E-state index in [1.807, 2.05) is 20.8 Å². The van der Waals surface area contributed by atoms with E-state index >= 15 is 0 Å². The van der Waals surface area contributed by atoms with Gasteiger partial charge in [0.1, 0.15) is 5.60 Å². The Kier molecular flexibility index (Phi) is 5.62. The van der Waals surface area contributed by atoms with Gasteiger partial charge < -0.3 is 9.84 Å². The minimum atomic E-state index is -0.866. The molecule has 0 aliphatic carbocycles. The van der Waals surface area contributed by atoms with Gasteiger partial charge in [-0.2, -0.15) is 0 Å². The maximum absolute atomic E-state index is 10.9. The predicted molar refractivity (Wildman–Crippen MR) is 76.7 cm³/mol. The minimum Gasteiger partial charge on any atom is -0.481 e. The van der Waals surface area contributed by atoms with Crippen molar-refractivity contribution in [3.63, 3.8) is 0 Å². The van der Waals surface area contributed by atoms with E-state index in [1.54, 1.807) is 0 Å². The molecule has 0 unspecified atom stereocenters. The summed E-state index contributed by atoms with van der Waals surface area (Å²) in [6, 6.07) is 0. The summed E-state index contributed by atoms with van der Waals surface area (Å²) in [5.41, 5.74) is 1.66. The van der Waals surface area contributed by atoms with Crippen LogP contribution < -0.4 is 0 Å². The van der Waals surface area contributed by atoms with Gasteiger partial charge in [0.2, 0.25) is 0 Å². The number of carboxylic acids is 1. The Labute approximate surface area is 120 Å². The molecule has 0 bridgehead atoms. The molecule has 112 valence electrons. The lowest BCUT2D eigenvalue weighted by molar-refractivity contribution is -0.136. The van der Waals surface area contributed by atoms with Crippen LogP contribution in [-0.4, -0.2) is 27.7 Å². The fourth-order valence-electron chi connectivity index (χ4n) is 2.46. The Morgan fingerprint density at radius 2 is 1.65 bits per heavy atom. The van der Waals surface area contributed by atoms with Gasteiger partial charge >= 0.3 is 5.97 Å². The summed E-state index contributed by atoms with van der Waals surface area (Å²) < 4.78 is 5.90. The largest absolute Gasteiger partial charge is 0.481 e. The lowest BCUT2D eigenvalue weighted by Crippen LogP contribution is -2.32. The van der Waals surface area contributed by atoms with Crippen LogP contribution in [0.5, 0.6) is 0 Å². The molecule has 0 amide bonds. The highest BCUT2D eigenvalue weighted by atomic mass is 16.5. The number of nitrogens with zero attached hydrogens (tertiary/aromatic N) is 2. The average Bonchev–Trinajstić information content (AvgIpc) is 2.40. The molecule has 1 N–H and O–H groups in total. The molecule has 0 aliphatic heterocycles. The molecule has 0 saturated carbocycles. The van der Waals surface area contributed by atoms with Crippen molar-refractivity contribution in [1.29, 1.82) is 0 Å². The Morgan fingerprint density at radius 1 is 1.15 bits per heavy atom. The van der Waals surface area contributed by atoms with Gasteiger partial charge in [0.25, 0.3) is 0 Å². The third kappa shape index (κ3) is 3.33.